The number of carboxylic acid groups (broad SMARTS) is 1. The van der Waals surface area contributed by atoms with Gasteiger partial charge in [0.05, 0.1) is 11.3 Å². The van der Waals surface area contributed by atoms with Crippen molar-refractivity contribution in [3.05, 3.63) is 0 Å². The highest BCUT2D eigenvalue weighted by atomic mass is 16.4. The van der Waals surface area contributed by atoms with E-state index < -0.39 is 17.3 Å². The molecular formula is C13H22N2O3. The van der Waals surface area contributed by atoms with Crippen LogP contribution in [-0.2, 0) is 9.59 Å². The lowest BCUT2D eigenvalue weighted by Gasteiger charge is -2.37. The van der Waals surface area contributed by atoms with E-state index in [1.54, 1.807) is 4.90 Å². The van der Waals surface area contributed by atoms with Crippen molar-refractivity contribution in [1.29, 1.82) is 0 Å². The first-order valence-electron chi connectivity index (χ1n) is 6.81. The number of rotatable bonds is 3. The Balaban J connectivity index is 2.04. The largest absolute Gasteiger partial charge is 0.481 e. The fourth-order valence-electron chi connectivity index (χ4n) is 3.22. The van der Waals surface area contributed by atoms with E-state index in [1.807, 2.05) is 0 Å². The Morgan fingerprint density at radius 2 is 1.94 bits per heavy atom. The minimum atomic E-state index is -0.796. The topological polar surface area (TPSA) is 83.6 Å². The highest BCUT2D eigenvalue weighted by molar-refractivity contribution is 5.84. The second kappa shape index (κ2) is 5.26. The summed E-state index contributed by atoms with van der Waals surface area (Å²) in [7, 11) is 0. The fraction of sp³-hybridized carbons (Fsp3) is 0.846. The molecule has 0 aromatic carbocycles. The molecule has 0 bridgehead atoms. The van der Waals surface area contributed by atoms with Crippen LogP contribution in [-0.4, -0.2) is 41.5 Å². The van der Waals surface area contributed by atoms with Gasteiger partial charge in [0.25, 0.3) is 0 Å². The molecule has 1 aliphatic carbocycles. The van der Waals surface area contributed by atoms with Crippen LogP contribution in [0, 0.1) is 11.3 Å². The average molecular weight is 254 g/mol. The number of hydrogen-bond acceptors (Lipinski definition) is 3. The van der Waals surface area contributed by atoms with Crippen molar-refractivity contribution in [2.45, 2.75) is 38.5 Å². The van der Waals surface area contributed by atoms with Gasteiger partial charge in [-0.25, -0.2) is 0 Å². The second-order valence-corrected chi connectivity index (χ2v) is 5.62. The summed E-state index contributed by atoms with van der Waals surface area (Å²) in [4.78, 5) is 25.2. The van der Waals surface area contributed by atoms with E-state index in [-0.39, 0.29) is 5.91 Å². The molecule has 0 aromatic heterocycles. The first kappa shape index (κ1) is 13.3. The van der Waals surface area contributed by atoms with E-state index >= 15 is 0 Å². The number of carbonyl (C=O) groups excluding carboxylic acids is 1. The summed E-state index contributed by atoms with van der Waals surface area (Å²) in [6, 6.07) is 0. The summed E-state index contributed by atoms with van der Waals surface area (Å²) in [5.41, 5.74) is 5.43. The first-order chi connectivity index (χ1) is 8.59. The Morgan fingerprint density at radius 1 is 1.28 bits per heavy atom. The van der Waals surface area contributed by atoms with Crippen LogP contribution in [0.2, 0.25) is 0 Å². The first-order valence-corrected chi connectivity index (χ1v) is 6.81. The van der Waals surface area contributed by atoms with Crippen LogP contribution < -0.4 is 5.73 Å². The Kier molecular flexibility index (Phi) is 3.90. The Labute approximate surface area is 107 Å². The molecule has 102 valence electrons. The normalized spacial score (nSPS) is 27.2. The maximum absolute atomic E-state index is 12.6. The smallest absolute Gasteiger partial charge is 0.308 e. The SMILES string of the molecule is NCC1(C(=O)N2CCC(C(=O)O)C2)CCCCC1. The molecule has 0 aromatic rings. The maximum atomic E-state index is 12.6. The number of amides is 1. The summed E-state index contributed by atoms with van der Waals surface area (Å²) in [6.07, 6.45) is 5.57. The van der Waals surface area contributed by atoms with E-state index in [1.165, 1.54) is 6.42 Å². The second-order valence-electron chi connectivity index (χ2n) is 5.62. The molecule has 2 rings (SSSR count). The predicted molar refractivity (Wildman–Crippen MR) is 66.9 cm³/mol. The van der Waals surface area contributed by atoms with Crippen molar-refractivity contribution in [2.24, 2.45) is 17.1 Å². The van der Waals surface area contributed by atoms with E-state index in [0.29, 0.717) is 26.1 Å². The van der Waals surface area contributed by atoms with Crippen molar-refractivity contribution in [3.63, 3.8) is 0 Å². The minimum absolute atomic E-state index is 0.0912. The predicted octanol–water partition coefficient (Wildman–Crippen LogP) is 0.829. The molecule has 2 aliphatic rings. The molecule has 1 aliphatic heterocycles. The summed E-state index contributed by atoms with van der Waals surface area (Å²) in [5.74, 6) is -1.10. The molecule has 3 N–H and O–H groups in total. The lowest BCUT2D eigenvalue weighted by molar-refractivity contribution is -0.144. The number of hydrogen-bond donors (Lipinski definition) is 2. The van der Waals surface area contributed by atoms with Crippen LogP contribution in [0.4, 0.5) is 0 Å². The highest BCUT2D eigenvalue weighted by Crippen LogP contribution is 2.38. The molecule has 1 unspecified atom stereocenters. The molecule has 5 heteroatoms. The Hall–Kier alpha value is -1.10. The van der Waals surface area contributed by atoms with Gasteiger partial charge in [0.15, 0.2) is 0 Å². The van der Waals surface area contributed by atoms with Crippen LogP contribution >= 0.6 is 0 Å². The van der Waals surface area contributed by atoms with Crippen LogP contribution in [0.5, 0.6) is 0 Å². The zero-order chi connectivity index (χ0) is 13.2. The molecule has 2 fully saturated rings. The maximum Gasteiger partial charge on any atom is 0.308 e. The zero-order valence-corrected chi connectivity index (χ0v) is 10.7. The van der Waals surface area contributed by atoms with E-state index in [4.69, 9.17) is 10.8 Å². The molecule has 5 nitrogen and oxygen atoms in total. The van der Waals surface area contributed by atoms with Crippen LogP contribution in [0.15, 0.2) is 0 Å². The van der Waals surface area contributed by atoms with Crippen molar-refractivity contribution < 1.29 is 14.7 Å². The van der Waals surface area contributed by atoms with Gasteiger partial charge in [-0.3, -0.25) is 9.59 Å². The standard InChI is InChI=1S/C13H22N2O3/c14-9-13(5-2-1-3-6-13)12(18)15-7-4-10(8-15)11(16)17/h10H,1-9,14H2,(H,16,17). The number of carboxylic acids is 1. The van der Waals surface area contributed by atoms with Crippen molar-refractivity contribution >= 4 is 11.9 Å². The molecule has 1 saturated heterocycles. The monoisotopic (exact) mass is 254 g/mol. The number of likely N-dealkylation sites (tertiary alicyclic amines) is 1. The quantitative estimate of drug-likeness (QED) is 0.781. The van der Waals surface area contributed by atoms with Crippen molar-refractivity contribution in [1.82, 2.24) is 4.90 Å². The lowest BCUT2D eigenvalue weighted by Crippen LogP contribution is -2.48. The molecule has 0 radical (unpaired) electrons. The van der Waals surface area contributed by atoms with Gasteiger partial charge in [0, 0.05) is 19.6 Å². The van der Waals surface area contributed by atoms with Crippen molar-refractivity contribution in [3.8, 4) is 0 Å². The van der Waals surface area contributed by atoms with E-state index in [2.05, 4.69) is 0 Å². The molecule has 0 spiro atoms. The Morgan fingerprint density at radius 3 is 2.44 bits per heavy atom. The van der Waals surface area contributed by atoms with Gasteiger partial charge in [-0.05, 0) is 19.3 Å². The van der Waals surface area contributed by atoms with Gasteiger partial charge in [0.2, 0.25) is 5.91 Å². The number of nitrogens with zero attached hydrogens (tertiary/aromatic N) is 1. The fourth-order valence-corrected chi connectivity index (χ4v) is 3.22. The van der Waals surface area contributed by atoms with Crippen LogP contribution in [0.25, 0.3) is 0 Å². The molecule has 1 amide bonds. The summed E-state index contributed by atoms with van der Waals surface area (Å²) < 4.78 is 0. The van der Waals surface area contributed by atoms with Crippen molar-refractivity contribution in [2.75, 3.05) is 19.6 Å². The molecule has 18 heavy (non-hydrogen) atoms. The number of aliphatic carboxylic acids is 1. The van der Waals surface area contributed by atoms with Gasteiger partial charge >= 0.3 is 5.97 Å². The highest BCUT2D eigenvalue weighted by Gasteiger charge is 2.43. The molecular weight excluding hydrogens is 232 g/mol. The summed E-state index contributed by atoms with van der Waals surface area (Å²) >= 11 is 0. The van der Waals surface area contributed by atoms with Gasteiger partial charge in [0.1, 0.15) is 0 Å². The summed E-state index contributed by atoms with van der Waals surface area (Å²) in [6.45, 7) is 1.31. The third kappa shape index (κ3) is 2.36. The lowest BCUT2D eigenvalue weighted by atomic mass is 9.73. The number of nitrogens with two attached hydrogens (primary N) is 1. The van der Waals surface area contributed by atoms with Gasteiger partial charge in [-0.2, -0.15) is 0 Å². The van der Waals surface area contributed by atoms with Gasteiger partial charge in [-0.1, -0.05) is 19.3 Å². The van der Waals surface area contributed by atoms with E-state index in [0.717, 1.165) is 25.7 Å². The Bertz CT molecular complexity index is 337. The van der Waals surface area contributed by atoms with Crippen LogP contribution in [0.1, 0.15) is 38.5 Å². The molecule has 1 saturated carbocycles. The zero-order valence-electron chi connectivity index (χ0n) is 10.7. The third-order valence-corrected chi connectivity index (χ3v) is 4.48. The van der Waals surface area contributed by atoms with Crippen LogP contribution in [0.3, 0.4) is 0 Å². The van der Waals surface area contributed by atoms with Gasteiger partial charge in [-0.15, -0.1) is 0 Å². The molecule has 1 heterocycles. The average Bonchev–Trinajstić information content (AvgIpc) is 2.88. The third-order valence-electron chi connectivity index (χ3n) is 4.48. The molecule has 1 atom stereocenters. The van der Waals surface area contributed by atoms with Gasteiger partial charge < -0.3 is 15.7 Å². The number of carbonyl (C=O) groups is 2. The summed E-state index contributed by atoms with van der Waals surface area (Å²) in [5, 5.41) is 8.98. The minimum Gasteiger partial charge on any atom is -0.481 e. The van der Waals surface area contributed by atoms with E-state index in [9.17, 15) is 9.59 Å².